The van der Waals surface area contributed by atoms with Crippen LogP contribution in [0, 0.1) is 11.7 Å². The van der Waals surface area contributed by atoms with E-state index in [1.165, 1.54) is 6.07 Å². The summed E-state index contributed by atoms with van der Waals surface area (Å²) in [5.41, 5.74) is 13.5. The minimum absolute atomic E-state index is 0. The Labute approximate surface area is 174 Å². The highest BCUT2D eigenvalue weighted by molar-refractivity contribution is 5.85. The van der Waals surface area contributed by atoms with Crippen LogP contribution in [0.25, 0.3) is 0 Å². The minimum atomic E-state index is -0.184. The number of carbonyl (C=O) groups is 1. The molecule has 0 spiro atoms. The molecule has 1 amide bonds. The molecule has 158 valence electrons. The normalized spacial score (nSPS) is 26.8. The van der Waals surface area contributed by atoms with Crippen LogP contribution in [0.3, 0.4) is 0 Å². The number of hydrogen-bond donors (Lipinski definition) is 3. The lowest BCUT2D eigenvalue weighted by molar-refractivity contribution is -0.134. The molecule has 1 saturated carbocycles. The van der Waals surface area contributed by atoms with Crippen molar-refractivity contribution >= 4 is 18.3 Å². The van der Waals surface area contributed by atoms with Crippen LogP contribution in [-0.4, -0.2) is 36.5 Å². The van der Waals surface area contributed by atoms with Gasteiger partial charge in [-0.05, 0) is 56.2 Å². The van der Waals surface area contributed by atoms with Crippen molar-refractivity contribution in [1.82, 2.24) is 15.8 Å². The van der Waals surface area contributed by atoms with E-state index in [0.29, 0.717) is 6.04 Å². The third-order valence-corrected chi connectivity index (χ3v) is 5.98. The number of benzene rings is 1. The molecule has 1 heterocycles. The van der Waals surface area contributed by atoms with E-state index in [1.54, 1.807) is 12.1 Å². The van der Waals surface area contributed by atoms with E-state index in [0.717, 1.165) is 63.5 Å². The second-order valence-corrected chi connectivity index (χ2v) is 8.21. The van der Waals surface area contributed by atoms with Crippen LogP contribution >= 0.6 is 12.4 Å². The Morgan fingerprint density at radius 2 is 2.04 bits per heavy atom. The monoisotopic (exact) mass is 412 g/mol. The molecule has 4 unspecified atom stereocenters. The van der Waals surface area contributed by atoms with E-state index < -0.39 is 0 Å². The maximum atomic E-state index is 13.4. The zero-order valence-electron chi connectivity index (χ0n) is 16.7. The number of nitrogens with zero attached hydrogens (tertiary/aromatic N) is 1. The maximum Gasteiger partial charge on any atom is 0.225 e. The Morgan fingerprint density at radius 1 is 1.21 bits per heavy atom. The van der Waals surface area contributed by atoms with Crippen LogP contribution in [0.15, 0.2) is 24.3 Å². The third-order valence-electron chi connectivity index (χ3n) is 5.98. The van der Waals surface area contributed by atoms with Crippen molar-refractivity contribution in [1.29, 1.82) is 0 Å². The predicted molar refractivity (Wildman–Crippen MR) is 112 cm³/mol. The van der Waals surface area contributed by atoms with Crippen LogP contribution in [0.2, 0.25) is 0 Å². The van der Waals surface area contributed by atoms with Gasteiger partial charge in [-0.2, -0.15) is 0 Å². The number of nitrogens with one attached hydrogen (secondary N) is 2. The summed E-state index contributed by atoms with van der Waals surface area (Å²) in [6, 6.07) is 7.60. The lowest BCUT2D eigenvalue weighted by Crippen LogP contribution is -2.33. The second kappa shape index (κ2) is 11.1. The fourth-order valence-electron chi connectivity index (χ4n) is 4.33. The van der Waals surface area contributed by atoms with Crippen molar-refractivity contribution in [3.05, 3.63) is 35.6 Å². The molecular formula is C21H34ClFN4O. The first kappa shape index (κ1) is 23.1. The van der Waals surface area contributed by atoms with Gasteiger partial charge in [0, 0.05) is 37.6 Å². The summed E-state index contributed by atoms with van der Waals surface area (Å²) in [5.74, 6) is 0.220. The van der Waals surface area contributed by atoms with Crippen molar-refractivity contribution in [2.45, 2.75) is 69.5 Å². The molecule has 4 N–H and O–H groups in total. The average Bonchev–Trinajstić information content (AvgIpc) is 3.30. The number of halogens is 2. The number of rotatable bonds is 8. The summed E-state index contributed by atoms with van der Waals surface area (Å²) in [6.45, 7) is 0.826. The van der Waals surface area contributed by atoms with Crippen LogP contribution in [0.4, 0.5) is 4.39 Å². The van der Waals surface area contributed by atoms with Gasteiger partial charge in [-0.15, -0.1) is 12.4 Å². The van der Waals surface area contributed by atoms with Crippen molar-refractivity contribution < 1.29 is 9.18 Å². The SMILES string of the molecule is CN(CCCCCC1CC(c2cccc(F)c2)NN1)C(=O)C1CCC(N)C1.Cl. The summed E-state index contributed by atoms with van der Waals surface area (Å²) < 4.78 is 13.4. The molecule has 1 aliphatic carbocycles. The zero-order valence-corrected chi connectivity index (χ0v) is 17.5. The van der Waals surface area contributed by atoms with Crippen LogP contribution < -0.4 is 16.6 Å². The molecule has 2 fully saturated rings. The molecule has 1 aromatic carbocycles. The fraction of sp³-hybridized carbons (Fsp3) is 0.667. The fourth-order valence-corrected chi connectivity index (χ4v) is 4.33. The number of carbonyl (C=O) groups excluding carboxylic acids is 1. The molecular weight excluding hydrogens is 379 g/mol. The first-order valence-electron chi connectivity index (χ1n) is 10.3. The van der Waals surface area contributed by atoms with Gasteiger partial charge in [-0.1, -0.05) is 25.0 Å². The molecule has 0 aromatic heterocycles. The molecule has 5 nitrogen and oxygen atoms in total. The van der Waals surface area contributed by atoms with Gasteiger partial charge < -0.3 is 10.6 Å². The molecule has 1 aliphatic heterocycles. The first-order chi connectivity index (χ1) is 13.0. The van der Waals surface area contributed by atoms with E-state index >= 15 is 0 Å². The second-order valence-electron chi connectivity index (χ2n) is 8.21. The van der Waals surface area contributed by atoms with E-state index in [-0.39, 0.29) is 42.1 Å². The van der Waals surface area contributed by atoms with E-state index in [2.05, 4.69) is 10.9 Å². The first-order valence-corrected chi connectivity index (χ1v) is 10.3. The Balaban J connectivity index is 0.00000280. The largest absolute Gasteiger partial charge is 0.346 e. The Kier molecular flexibility index (Phi) is 9.15. The molecule has 1 saturated heterocycles. The Morgan fingerprint density at radius 3 is 2.75 bits per heavy atom. The predicted octanol–water partition coefficient (Wildman–Crippen LogP) is 3.30. The van der Waals surface area contributed by atoms with Gasteiger partial charge in [-0.25, -0.2) is 4.39 Å². The summed E-state index contributed by atoms with van der Waals surface area (Å²) in [4.78, 5) is 14.3. The van der Waals surface area contributed by atoms with Gasteiger partial charge in [0.15, 0.2) is 0 Å². The highest BCUT2D eigenvalue weighted by Crippen LogP contribution is 2.26. The minimum Gasteiger partial charge on any atom is -0.346 e. The van der Waals surface area contributed by atoms with E-state index in [9.17, 15) is 9.18 Å². The van der Waals surface area contributed by atoms with Crippen LogP contribution in [0.1, 0.15) is 63.0 Å². The van der Waals surface area contributed by atoms with Crippen LogP contribution in [-0.2, 0) is 4.79 Å². The topological polar surface area (TPSA) is 70.4 Å². The molecule has 4 atom stereocenters. The molecule has 28 heavy (non-hydrogen) atoms. The standard InChI is InChI=1S/C21H33FN4O.ClH/c1-26(21(27)16-9-10-18(23)13-16)11-4-2-3-8-19-14-20(25-24-19)15-6-5-7-17(22)12-15;/h5-7,12,16,18-20,24-25H,2-4,8-11,13-14,23H2,1H3;1H. The maximum absolute atomic E-state index is 13.4. The van der Waals surface area contributed by atoms with Gasteiger partial charge in [-0.3, -0.25) is 15.6 Å². The van der Waals surface area contributed by atoms with Gasteiger partial charge >= 0.3 is 0 Å². The summed E-state index contributed by atoms with van der Waals surface area (Å²) >= 11 is 0. The summed E-state index contributed by atoms with van der Waals surface area (Å²) in [5, 5.41) is 0. The van der Waals surface area contributed by atoms with Crippen molar-refractivity contribution in [3.63, 3.8) is 0 Å². The highest BCUT2D eigenvalue weighted by atomic mass is 35.5. The van der Waals surface area contributed by atoms with Crippen molar-refractivity contribution in [3.8, 4) is 0 Å². The van der Waals surface area contributed by atoms with Gasteiger partial charge in [0.25, 0.3) is 0 Å². The Bertz CT molecular complexity index is 632. The van der Waals surface area contributed by atoms with Crippen LogP contribution in [0.5, 0.6) is 0 Å². The number of hydrazine groups is 1. The van der Waals surface area contributed by atoms with E-state index in [4.69, 9.17) is 5.73 Å². The van der Waals surface area contributed by atoms with Gasteiger partial charge in [0.1, 0.15) is 5.82 Å². The zero-order chi connectivity index (χ0) is 19.2. The van der Waals surface area contributed by atoms with Crippen molar-refractivity contribution in [2.24, 2.45) is 11.7 Å². The molecule has 0 radical (unpaired) electrons. The molecule has 7 heteroatoms. The molecule has 2 aliphatic rings. The number of hydrogen-bond acceptors (Lipinski definition) is 4. The summed E-state index contributed by atoms with van der Waals surface area (Å²) in [6.07, 6.45) is 8.11. The lowest BCUT2D eigenvalue weighted by Gasteiger charge is -2.21. The quantitative estimate of drug-likeness (QED) is 0.573. The highest BCUT2D eigenvalue weighted by Gasteiger charge is 2.29. The summed E-state index contributed by atoms with van der Waals surface area (Å²) in [7, 11) is 1.91. The molecule has 1 aromatic rings. The smallest absolute Gasteiger partial charge is 0.225 e. The Hall–Kier alpha value is -1.21. The van der Waals surface area contributed by atoms with Crippen molar-refractivity contribution in [2.75, 3.05) is 13.6 Å². The average molecular weight is 413 g/mol. The molecule has 3 rings (SSSR count). The molecule has 0 bridgehead atoms. The van der Waals surface area contributed by atoms with Gasteiger partial charge in [0.2, 0.25) is 5.91 Å². The number of unbranched alkanes of at least 4 members (excludes halogenated alkanes) is 2. The number of amides is 1. The third kappa shape index (κ3) is 6.41. The lowest BCUT2D eigenvalue weighted by atomic mass is 9.99. The number of nitrogens with two attached hydrogens (primary N) is 1. The van der Waals surface area contributed by atoms with Gasteiger partial charge in [0.05, 0.1) is 0 Å². The van der Waals surface area contributed by atoms with E-state index in [1.807, 2.05) is 18.0 Å².